The number of amides is 1. The van der Waals surface area contributed by atoms with Crippen LogP contribution >= 0.6 is 23.1 Å². The van der Waals surface area contributed by atoms with Crippen molar-refractivity contribution in [2.75, 3.05) is 16.8 Å². The maximum Gasteiger partial charge on any atom is 0.236 e. The fraction of sp³-hybridized carbons (Fsp3) is 0.231. The van der Waals surface area contributed by atoms with Crippen molar-refractivity contribution >= 4 is 40.0 Å². The first-order chi connectivity index (χ1) is 11.1. The summed E-state index contributed by atoms with van der Waals surface area (Å²) in [7, 11) is 0. The zero-order valence-corrected chi connectivity index (χ0v) is 13.7. The molecule has 2 aromatic rings. The van der Waals surface area contributed by atoms with Crippen LogP contribution in [0.2, 0.25) is 0 Å². The molecule has 23 heavy (non-hydrogen) atoms. The molecule has 8 nitrogen and oxygen atoms in total. The smallest absolute Gasteiger partial charge is 0.236 e. The molecule has 0 unspecified atom stereocenters. The monoisotopic (exact) mass is 345 g/mol. The maximum atomic E-state index is 11.9. The van der Waals surface area contributed by atoms with E-state index in [1.807, 2.05) is 19.1 Å². The molecule has 0 fully saturated rings. The Labute approximate surface area is 140 Å². The molecule has 0 aliphatic heterocycles. The first-order valence-corrected chi connectivity index (χ1v) is 8.23. The number of hydrogen-bond acceptors (Lipinski definition) is 9. The van der Waals surface area contributed by atoms with Crippen molar-refractivity contribution in [2.24, 2.45) is 0 Å². The summed E-state index contributed by atoms with van der Waals surface area (Å²) in [6.45, 7) is 1.95. The van der Waals surface area contributed by atoms with Crippen LogP contribution in [0.3, 0.4) is 0 Å². The quantitative estimate of drug-likeness (QED) is 0.777. The number of aryl methyl sites for hydroxylation is 1. The number of thioether (sulfide) groups is 1. The predicted molar refractivity (Wildman–Crippen MR) is 86.7 cm³/mol. The fourth-order valence-electron chi connectivity index (χ4n) is 1.53. The summed E-state index contributed by atoms with van der Waals surface area (Å²) in [5.41, 5.74) is 5.97. The van der Waals surface area contributed by atoms with Gasteiger partial charge in [0.1, 0.15) is 28.0 Å². The van der Waals surface area contributed by atoms with Crippen molar-refractivity contribution in [1.82, 2.24) is 15.2 Å². The van der Waals surface area contributed by atoms with Crippen LogP contribution in [-0.4, -0.2) is 26.8 Å². The number of pyridine rings is 1. The molecule has 10 heteroatoms. The van der Waals surface area contributed by atoms with Gasteiger partial charge in [-0.3, -0.25) is 10.1 Å². The van der Waals surface area contributed by atoms with Gasteiger partial charge in [-0.1, -0.05) is 30.0 Å². The summed E-state index contributed by atoms with van der Waals surface area (Å²) in [5.74, 6) is -0.220. The summed E-state index contributed by atoms with van der Waals surface area (Å²) >= 11 is 2.38. The number of nitriles is 2. The highest BCUT2D eigenvalue weighted by atomic mass is 32.2. The number of hydrogen-bond donors (Lipinski definition) is 2. The van der Waals surface area contributed by atoms with Gasteiger partial charge in [-0.15, -0.1) is 10.2 Å². The van der Waals surface area contributed by atoms with Crippen LogP contribution in [-0.2, 0) is 11.2 Å². The van der Waals surface area contributed by atoms with Crippen LogP contribution < -0.4 is 11.1 Å². The first kappa shape index (κ1) is 16.7. The van der Waals surface area contributed by atoms with Crippen molar-refractivity contribution in [3.05, 3.63) is 22.2 Å². The number of aromatic nitrogens is 3. The van der Waals surface area contributed by atoms with E-state index in [2.05, 4.69) is 20.5 Å². The van der Waals surface area contributed by atoms with E-state index in [9.17, 15) is 4.79 Å². The van der Waals surface area contributed by atoms with Crippen LogP contribution in [0, 0.1) is 22.7 Å². The lowest BCUT2D eigenvalue weighted by Gasteiger charge is -2.05. The fourth-order valence-corrected chi connectivity index (χ4v) is 2.98. The van der Waals surface area contributed by atoms with Crippen LogP contribution in [0.25, 0.3) is 0 Å². The van der Waals surface area contributed by atoms with Gasteiger partial charge in [0.25, 0.3) is 0 Å². The summed E-state index contributed by atoms with van der Waals surface area (Å²) < 4.78 is 0. The van der Waals surface area contributed by atoms with E-state index < -0.39 is 0 Å². The second-order valence-electron chi connectivity index (χ2n) is 4.19. The van der Waals surface area contributed by atoms with Crippen LogP contribution in [0.4, 0.5) is 10.9 Å². The van der Waals surface area contributed by atoms with Gasteiger partial charge in [0.2, 0.25) is 11.0 Å². The van der Waals surface area contributed by atoms with Crippen molar-refractivity contribution in [2.45, 2.75) is 18.4 Å². The standard InChI is InChI=1S/C13H11N7OS2/c1-2-10-19-20-13(23-10)17-9(21)6-22-12-8(5-15)3-7(4-14)11(16)18-12/h3H,2,6H2,1H3,(H2,16,18)(H,17,20,21). The number of nitrogens with one attached hydrogen (secondary N) is 1. The number of nitrogens with two attached hydrogens (primary N) is 1. The summed E-state index contributed by atoms with van der Waals surface area (Å²) in [6, 6.07) is 5.16. The minimum atomic E-state index is -0.289. The Hall–Kier alpha value is -2.69. The van der Waals surface area contributed by atoms with Gasteiger partial charge in [-0.05, 0) is 12.5 Å². The van der Waals surface area contributed by atoms with E-state index in [4.69, 9.17) is 16.3 Å². The molecule has 0 aliphatic carbocycles. The summed E-state index contributed by atoms with van der Waals surface area (Å²) in [4.78, 5) is 15.9. The highest BCUT2D eigenvalue weighted by Crippen LogP contribution is 2.24. The van der Waals surface area contributed by atoms with Gasteiger partial charge >= 0.3 is 0 Å². The molecule has 0 saturated carbocycles. The molecular formula is C13H11N7OS2. The van der Waals surface area contributed by atoms with Crippen molar-refractivity contribution < 1.29 is 4.79 Å². The average molecular weight is 345 g/mol. The molecule has 116 valence electrons. The molecule has 0 atom stereocenters. The molecule has 0 spiro atoms. The SMILES string of the molecule is CCc1nnc(NC(=O)CSc2nc(N)c(C#N)cc2C#N)s1. The van der Waals surface area contributed by atoms with E-state index >= 15 is 0 Å². The van der Waals surface area contributed by atoms with E-state index in [0.717, 1.165) is 23.2 Å². The molecule has 2 aromatic heterocycles. The summed E-state index contributed by atoms with van der Waals surface area (Å²) in [6.07, 6.45) is 0.752. The largest absolute Gasteiger partial charge is 0.383 e. The number of nitrogens with zero attached hydrogens (tertiary/aromatic N) is 5. The Morgan fingerprint density at radius 2 is 2.13 bits per heavy atom. The molecule has 0 bridgehead atoms. The third-order valence-electron chi connectivity index (χ3n) is 2.61. The van der Waals surface area contributed by atoms with Gasteiger partial charge in [0.05, 0.1) is 16.9 Å². The van der Waals surface area contributed by atoms with Crippen molar-refractivity contribution in [1.29, 1.82) is 10.5 Å². The van der Waals surface area contributed by atoms with Crippen molar-refractivity contribution in [3.8, 4) is 12.1 Å². The van der Waals surface area contributed by atoms with Gasteiger partial charge in [-0.2, -0.15) is 10.5 Å². The van der Waals surface area contributed by atoms with E-state index in [0.29, 0.717) is 10.2 Å². The van der Waals surface area contributed by atoms with E-state index in [-0.39, 0.29) is 28.6 Å². The molecule has 2 rings (SSSR count). The first-order valence-electron chi connectivity index (χ1n) is 6.43. The second-order valence-corrected chi connectivity index (χ2v) is 6.21. The highest BCUT2D eigenvalue weighted by molar-refractivity contribution is 8.00. The molecule has 1 amide bonds. The Kier molecular flexibility index (Phi) is 5.46. The Bertz CT molecular complexity index is 819. The lowest BCUT2D eigenvalue weighted by Crippen LogP contribution is -2.14. The minimum absolute atomic E-state index is 0.0334. The lowest BCUT2D eigenvalue weighted by molar-refractivity contribution is -0.113. The molecule has 3 N–H and O–H groups in total. The Morgan fingerprint density at radius 1 is 1.39 bits per heavy atom. The number of carbonyl (C=O) groups excluding carboxylic acids is 1. The molecule has 0 saturated heterocycles. The van der Waals surface area contributed by atoms with Crippen LogP contribution in [0.5, 0.6) is 0 Å². The lowest BCUT2D eigenvalue weighted by atomic mass is 10.2. The van der Waals surface area contributed by atoms with Gasteiger partial charge in [0, 0.05) is 0 Å². The predicted octanol–water partition coefficient (Wildman–Crippen LogP) is 1.55. The normalized spacial score (nSPS) is 9.87. The zero-order chi connectivity index (χ0) is 16.8. The molecular weight excluding hydrogens is 334 g/mol. The Morgan fingerprint density at radius 3 is 2.74 bits per heavy atom. The number of carbonyl (C=O) groups is 1. The van der Waals surface area contributed by atoms with Crippen molar-refractivity contribution in [3.63, 3.8) is 0 Å². The van der Waals surface area contributed by atoms with Crippen LogP contribution in [0.1, 0.15) is 23.1 Å². The van der Waals surface area contributed by atoms with E-state index in [1.54, 1.807) is 0 Å². The number of nitrogen functional groups attached to an aromatic ring is 1. The van der Waals surface area contributed by atoms with Gasteiger partial charge in [0.15, 0.2) is 0 Å². The van der Waals surface area contributed by atoms with Gasteiger partial charge in [-0.25, -0.2) is 4.98 Å². The molecule has 0 radical (unpaired) electrons. The maximum absolute atomic E-state index is 11.9. The summed E-state index contributed by atoms with van der Waals surface area (Å²) in [5, 5.41) is 29.9. The second kappa shape index (κ2) is 7.54. The van der Waals surface area contributed by atoms with Gasteiger partial charge < -0.3 is 5.73 Å². The zero-order valence-electron chi connectivity index (χ0n) is 12.0. The third-order valence-corrected chi connectivity index (χ3v) is 4.59. The Balaban J connectivity index is 2.03. The molecule has 0 aliphatic rings. The topological polar surface area (TPSA) is 141 Å². The minimum Gasteiger partial charge on any atom is -0.383 e. The third kappa shape index (κ3) is 4.16. The number of rotatable bonds is 5. The molecule has 0 aromatic carbocycles. The molecule has 2 heterocycles. The highest BCUT2D eigenvalue weighted by Gasteiger charge is 2.13. The number of anilines is 2. The average Bonchev–Trinajstić information content (AvgIpc) is 3.00. The van der Waals surface area contributed by atoms with Crippen LogP contribution in [0.15, 0.2) is 11.1 Å². The van der Waals surface area contributed by atoms with E-state index in [1.165, 1.54) is 17.4 Å².